The lowest BCUT2D eigenvalue weighted by molar-refractivity contribution is 0.0961. The Morgan fingerprint density at radius 3 is 2.52 bits per heavy atom. The smallest absolute Gasteiger partial charge is 0.251 e. The lowest BCUT2D eigenvalue weighted by Crippen LogP contribution is -2.27. The topological polar surface area (TPSA) is 39.1 Å². The fourth-order valence-corrected chi connectivity index (χ4v) is 2.79. The van der Waals surface area contributed by atoms with E-state index in [1.165, 1.54) is 16.7 Å². The first-order chi connectivity index (χ1) is 10.1. The Bertz CT molecular complexity index is 760. The highest BCUT2D eigenvalue weighted by Crippen LogP contribution is 2.21. The zero-order chi connectivity index (χ0) is 15.0. The highest BCUT2D eigenvalue weighted by atomic mass is 19.1. The Balaban J connectivity index is 2.00. The third kappa shape index (κ3) is 2.39. The summed E-state index contributed by atoms with van der Waals surface area (Å²) in [6.07, 6.45) is 2.48. The third-order valence-corrected chi connectivity index (χ3v) is 3.79. The van der Waals surface area contributed by atoms with Crippen LogP contribution in [0.2, 0.25) is 0 Å². The van der Waals surface area contributed by atoms with Gasteiger partial charge in [0.25, 0.3) is 5.56 Å². The summed E-state index contributed by atoms with van der Waals surface area (Å²) in [4.78, 5) is 24.1. The zero-order valence-corrected chi connectivity index (χ0v) is 11.2. The number of pyridine rings is 1. The van der Waals surface area contributed by atoms with Gasteiger partial charge < -0.3 is 4.57 Å². The molecule has 0 fully saturated rings. The van der Waals surface area contributed by atoms with Gasteiger partial charge in [-0.3, -0.25) is 9.59 Å². The van der Waals surface area contributed by atoms with Crippen molar-refractivity contribution in [2.24, 2.45) is 0 Å². The minimum atomic E-state index is -0.902. The zero-order valence-electron chi connectivity index (χ0n) is 11.2. The van der Waals surface area contributed by atoms with Crippen LogP contribution in [0, 0.1) is 11.6 Å². The summed E-state index contributed by atoms with van der Waals surface area (Å²) in [6.45, 7) is -0.333. The Morgan fingerprint density at radius 2 is 1.81 bits per heavy atom. The number of nitrogens with zero attached hydrogens (tertiary/aromatic N) is 1. The maximum Gasteiger partial charge on any atom is 0.251 e. The van der Waals surface area contributed by atoms with E-state index in [2.05, 4.69) is 0 Å². The van der Waals surface area contributed by atoms with Crippen molar-refractivity contribution < 1.29 is 13.6 Å². The Morgan fingerprint density at radius 1 is 1.10 bits per heavy atom. The lowest BCUT2D eigenvalue weighted by atomic mass is 10.1. The van der Waals surface area contributed by atoms with Crippen molar-refractivity contribution in [3.8, 4) is 0 Å². The molecular weight excluding hydrogens is 276 g/mol. The summed E-state index contributed by atoms with van der Waals surface area (Å²) < 4.78 is 28.6. The van der Waals surface area contributed by atoms with E-state index in [4.69, 9.17) is 0 Å². The molecule has 0 N–H and O–H groups in total. The molecule has 0 bridgehead atoms. The highest BCUT2D eigenvalue weighted by Gasteiger charge is 2.21. The molecule has 108 valence electrons. The lowest BCUT2D eigenvalue weighted by Gasteiger charge is -2.11. The molecule has 0 unspecified atom stereocenters. The number of halogens is 2. The van der Waals surface area contributed by atoms with Crippen LogP contribution >= 0.6 is 0 Å². The van der Waals surface area contributed by atoms with E-state index in [1.54, 1.807) is 6.07 Å². The predicted molar refractivity (Wildman–Crippen MR) is 73.4 cm³/mol. The normalized spacial score (nSPS) is 13.2. The molecule has 3 nitrogen and oxygen atoms in total. The average molecular weight is 289 g/mol. The number of aromatic nitrogens is 1. The van der Waals surface area contributed by atoms with Gasteiger partial charge >= 0.3 is 0 Å². The van der Waals surface area contributed by atoms with Crippen LogP contribution in [0.3, 0.4) is 0 Å². The molecule has 2 aromatic rings. The molecule has 1 aliphatic rings. The number of Topliss-reactive ketones (excluding diaryl/α,β-unsaturated/α-hetero) is 1. The molecule has 5 heteroatoms. The monoisotopic (exact) mass is 289 g/mol. The second-order valence-electron chi connectivity index (χ2n) is 5.10. The van der Waals surface area contributed by atoms with E-state index in [0.717, 1.165) is 36.2 Å². The summed E-state index contributed by atoms with van der Waals surface area (Å²) in [7, 11) is 0. The van der Waals surface area contributed by atoms with E-state index in [9.17, 15) is 18.4 Å². The van der Waals surface area contributed by atoms with Crippen LogP contribution in [-0.2, 0) is 19.4 Å². The summed E-state index contributed by atoms with van der Waals surface area (Å²) >= 11 is 0. The van der Waals surface area contributed by atoms with Crippen LogP contribution in [0.5, 0.6) is 0 Å². The number of fused-ring (bicyclic) bond motifs is 1. The van der Waals surface area contributed by atoms with Crippen molar-refractivity contribution in [2.45, 2.75) is 25.8 Å². The average Bonchev–Trinajstić information content (AvgIpc) is 2.90. The van der Waals surface area contributed by atoms with Crippen LogP contribution < -0.4 is 5.56 Å². The van der Waals surface area contributed by atoms with Gasteiger partial charge in [-0.2, -0.15) is 0 Å². The predicted octanol–water partition coefficient (Wildman–Crippen LogP) is 2.50. The van der Waals surface area contributed by atoms with Gasteiger partial charge in [0.2, 0.25) is 0 Å². The molecule has 1 aromatic heterocycles. The molecule has 0 saturated carbocycles. The van der Waals surface area contributed by atoms with Gasteiger partial charge in [-0.15, -0.1) is 0 Å². The third-order valence-electron chi connectivity index (χ3n) is 3.79. The summed E-state index contributed by atoms with van der Waals surface area (Å²) in [5, 5.41) is 0. The molecule has 21 heavy (non-hydrogen) atoms. The SMILES string of the molecule is O=C(Cn1c2c(ccc1=O)CCC2)c1c(F)cccc1F. The Labute approximate surface area is 119 Å². The van der Waals surface area contributed by atoms with Gasteiger partial charge in [0.1, 0.15) is 11.6 Å². The standard InChI is InChI=1S/C16H13F2NO2/c17-11-4-2-5-12(18)16(11)14(20)9-19-13-6-1-3-10(13)7-8-15(19)21/h2,4-5,7-8H,1,3,6,9H2. The maximum atomic E-state index is 13.6. The van der Waals surface area contributed by atoms with E-state index >= 15 is 0 Å². The maximum absolute atomic E-state index is 13.6. The van der Waals surface area contributed by atoms with E-state index in [0.29, 0.717) is 6.42 Å². The minimum absolute atomic E-state index is 0.319. The van der Waals surface area contributed by atoms with Crippen molar-refractivity contribution in [3.63, 3.8) is 0 Å². The number of carbonyl (C=O) groups is 1. The van der Waals surface area contributed by atoms with Gasteiger partial charge in [0.05, 0.1) is 12.1 Å². The molecule has 0 aliphatic heterocycles. The summed E-state index contributed by atoms with van der Waals surface area (Å²) in [5.74, 6) is -2.53. The van der Waals surface area contributed by atoms with Gasteiger partial charge in [0.15, 0.2) is 5.78 Å². The van der Waals surface area contributed by atoms with Crippen LogP contribution in [-0.4, -0.2) is 10.4 Å². The number of rotatable bonds is 3. The van der Waals surface area contributed by atoms with Crippen LogP contribution in [0.4, 0.5) is 8.78 Å². The fourth-order valence-electron chi connectivity index (χ4n) is 2.79. The number of carbonyl (C=O) groups excluding carboxylic acids is 1. The number of hydrogen-bond acceptors (Lipinski definition) is 2. The quantitative estimate of drug-likeness (QED) is 0.814. The Hall–Kier alpha value is -2.30. The van der Waals surface area contributed by atoms with Crippen LogP contribution in [0.1, 0.15) is 28.0 Å². The second-order valence-corrected chi connectivity index (χ2v) is 5.10. The van der Waals surface area contributed by atoms with E-state index in [1.807, 2.05) is 0 Å². The first kappa shape index (κ1) is 13.7. The van der Waals surface area contributed by atoms with Gasteiger partial charge in [-0.05, 0) is 37.0 Å². The van der Waals surface area contributed by atoms with Gasteiger partial charge in [-0.1, -0.05) is 12.1 Å². The molecule has 0 atom stereocenters. The largest absolute Gasteiger partial charge is 0.305 e. The molecule has 0 amide bonds. The van der Waals surface area contributed by atoms with Gasteiger partial charge in [0, 0.05) is 11.8 Å². The van der Waals surface area contributed by atoms with E-state index in [-0.39, 0.29) is 12.1 Å². The number of benzene rings is 1. The molecule has 0 saturated heterocycles. The minimum Gasteiger partial charge on any atom is -0.305 e. The first-order valence-corrected chi connectivity index (χ1v) is 6.77. The van der Waals surface area contributed by atoms with Crippen LogP contribution in [0.25, 0.3) is 0 Å². The molecular formula is C16H13F2NO2. The van der Waals surface area contributed by atoms with Crippen molar-refractivity contribution in [3.05, 3.63) is 69.1 Å². The van der Waals surface area contributed by atoms with Crippen molar-refractivity contribution in [2.75, 3.05) is 0 Å². The number of hydrogen-bond donors (Lipinski definition) is 0. The molecule has 0 spiro atoms. The van der Waals surface area contributed by atoms with Crippen molar-refractivity contribution in [1.82, 2.24) is 4.57 Å². The van der Waals surface area contributed by atoms with Crippen LogP contribution in [0.15, 0.2) is 35.1 Å². The molecule has 1 heterocycles. The Kier molecular flexibility index (Phi) is 3.41. The molecule has 0 radical (unpaired) electrons. The highest BCUT2D eigenvalue weighted by molar-refractivity contribution is 5.96. The van der Waals surface area contributed by atoms with Crippen molar-refractivity contribution in [1.29, 1.82) is 0 Å². The molecule has 3 rings (SSSR count). The summed E-state index contributed by atoms with van der Waals surface area (Å²) in [6, 6.07) is 6.43. The number of aryl methyl sites for hydroxylation is 1. The first-order valence-electron chi connectivity index (χ1n) is 6.77. The van der Waals surface area contributed by atoms with Crippen molar-refractivity contribution >= 4 is 5.78 Å². The molecule has 1 aromatic carbocycles. The number of ketones is 1. The van der Waals surface area contributed by atoms with Gasteiger partial charge in [-0.25, -0.2) is 8.78 Å². The van der Waals surface area contributed by atoms with E-state index < -0.39 is 23.0 Å². The fraction of sp³-hybridized carbons (Fsp3) is 0.250. The summed E-state index contributed by atoms with van der Waals surface area (Å²) in [5.41, 5.74) is 0.921. The second kappa shape index (κ2) is 5.24. The molecule has 1 aliphatic carbocycles.